The first-order chi connectivity index (χ1) is 10.3. The molecule has 1 saturated carbocycles. The third kappa shape index (κ3) is 3.69. The molecule has 1 atom stereocenters. The summed E-state index contributed by atoms with van der Waals surface area (Å²) in [5, 5.41) is 3.39. The van der Waals surface area contributed by atoms with Crippen LogP contribution in [0.5, 0.6) is 5.75 Å². The Labute approximate surface area is 126 Å². The number of benzene rings is 1. The molecule has 1 aliphatic heterocycles. The van der Waals surface area contributed by atoms with E-state index in [0.29, 0.717) is 31.1 Å². The number of guanidine groups is 1. The molecule has 0 bridgehead atoms. The molecule has 4 nitrogen and oxygen atoms in total. The zero-order chi connectivity index (χ0) is 14.5. The van der Waals surface area contributed by atoms with Gasteiger partial charge in [-0.25, -0.2) is 0 Å². The van der Waals surface area contributed by atoms with E-state index in [-0.39, 0.29) is 0 Å². The van der Waals surface area contributed by atoms with Crippen molar-refractivity contribution in [1.82, 2.24) is 5.32 Å². The molecule has 1 aromatic rings. The van der Waals surface area contributed by atoms with Crippen molar-refractivity contribution in [2.75, 3.05) is 13.2 Å². The molecule has 114 valence electrons. The van der Waals surface area contributed by atoms with E-state index in [1.807, 2.05) is 12.1 Å². The zero-order valence-electron chi connectivity index (χ0n) is 12.6. The van der Waals surface area contributed by atoms with E-state index in [9.17, 15) is 0 Å². The predicted molar refractivity (Wildman–Crippen MR) is 85.8 cm³/mol. The SMILES string of the molecule is NC(=NCC1COc2ccccc21)NC1CCCCCC1. The lowest BCUT2D eigenvalue weighted by atomic mass is 10.0. The van der Waals surface area contributed by atoms with Crippen LogP contribution in [-0.2, 0) is 0 Å². The summed E-state index contributed by atoms with van der Waals surface area (Å²) < 4.78 is 5.68. The standard InChI is InChI=1S/C17H25N3O/c18-17(20-14-7-3-1-2-4-8-14)19-11-13-12-21-16-10-6-5-9-15(13)16/h5-6,9-10,13-14H,1-4,7-8,11-12H2,(H3,18,19,20). The maximum Gasteiger partial charge on any atom is 0.188 e. The summed E-state index contributed by atoms with van der Waals surface area (Å²) >= 11 is 0. The van der Waals surface area contributed by atoms with Gasteiger partial charge in [-0.1, -0.05) is 43.9 Å². The van der Waals surface area contributed by atoms with Gasteiger partial charge in [0, 0.05) is 17.5 Å². The van der Waals surface area contributed by atoms with E-state index in [4.69, 9.17) is 10.5 Å². The smallest absolute Gasteiger partial charge is 0.188 e. The summed E-state index contributed by atoms with van der Waals surface area (Å²) in [4.78, 5) is 4.53. The highest BCUT2D eigenvalue weighted by Crippen LogP contribution is 2.33. The van der Waals surface area contributed by atoms with Crippen LogP contribution in [0.1, 0.15) is 50.0 Å². The van der Waals surface area contributed by atoms with Gasteiger partial charge in [-0.2, -0.15) is 0 Å². The minimum Gasteiger partial charge on any atom is -0.493 e. The van der Waals surface area contributed by atoms with Crippen LogP contribution in [-0.4, -0.2) is 25.2 Å². The van der Waals surface area contributed by atoms with Crippen molar-refractivity contribution < 1.29 is 4.74 Å². The first-order valence-electron chi connectivity index (χ1n) is 8.11. The number of ether oxygens (including phenoxy) is 1. The van der Waals surface area contributed by atoms with Gasteiger partial charge in [-0.05, 0) is 18.9 Å². The minimum absolute atomic E-state index is 0.329. The van der Waals surface area contributed by atoms with Crippen LogP contribution < -0.4 is 15.8 Å². The van der Waals surface area contributed by atoms with Gasteiger partial charge in [0.2, 0.25) is 0 Å². The van der Waals surface area contributed by atoms with Gasteiger partial charge in [0.25, 0.3) is 0 Å². The Bertz CT molecular complexity index is 493. The minimum atomic E-state index is 0.329. The van der Waals surface area contributed by atoms with E-state index in [2.05, 4.69) is 22.4 Å². The van der Waals surface area contributed by atoms with Crippen LogP contribution >= 0.6 is 0 Å². The summed E-state index contributed by atoms with van der Waals surface area (Å²) in [6.07, 6.45) is 7.73. The Hall–Kier alpha value is -1.71. The molecule has 3 rings (SSSR count). The Morgan fingerprint density at radius 1 is 1.19 bits per heavy atom. The highest BCUT2D eigenvalue weighted by Gasteiger charge is 2.23. The van der Waals surface area contributed by atoms with Gasteiger partial charge < -0.3 is 15.8 Å². The fourth-order valence-electron chi connectivity index (χ4n) is 3.27. The number of hydrogen-bond acceptors (Lipinski definition) is 2. The molecule has 21 heavy (non-hydrogen) atoms. The first-order valence-corrected chi connectivity index (χ1v) is 8.11. The van der Waals surface area contributed by atoms with E-state index >= 15 is 0 Å². The van der Waals surface area contributed by atoms with Crippen molar-refractivity contribution in [2.45, 2.75) is 50.5 Å². The maximum atomic E-state index is 6.05. The number of para-hydroxylation sites is 1. The van der Waals surface area contributed by atoms with Crippen molar-refractivity contribution in [3.05, 3.63) is 29.8 Å². The molecular formula is C17H25N3O. The molecule has 1 fully saturated rings. The lowest BCUT2D eigenvalue weighted by Gasteiger charge is -2.17. The molecule has 1 aromatic carbocycles. The monoisotopic (exact) mass is 287 g/mol. The lowest BCUT2D eigenvalue weighted by molar-refractivity contribution is 0.333. The van der Waals surface area contributed by atoms with Crippen molar-refractivity contribution in [3.8, 4) is 5.75 Å². The van der Waals surface area contributed by atoms with Crippen LogP contribution in [0.15, 0.2) is 29.3 Å². The number of nitrogens with zero attached hydrogens (tertiary/aromatic N) is 1. The van der Waals surface area contributed by atoms with Crippen LogP contribution in [0.4, 0.5) is 0 Å². The van der Waals surface area contributed by atoms with E-state index < -0.39 is 0 Å². The van der Waals surface area contributed by atoms with Crippen LogP contribution in [0, 0.1) is 0 Å². The highest BCUT2D eigenvalue weighted by atomic mass is 16.5. The Kier molecular flexibility index (Phi) is 4.63. The molecule has 0 radical (unpaired) electrons. The third-order valence-electron chi connectivity index (χ3n) is 4.49. The van der Waals surface area contributed by atoms with E-state index in [0.717, 1.165) is 5.75 Å². The molecule has 1 unspecified atom stereocenters. The van der Waals surface area contributed by atoms with Crippen molar-refractivity contribution >= 4 is 5.96 Å². The summed E-state index contributed by atoms with van der Waals surface area (Å²) in [5.74, 6) is 1.91. The fraction of sp³-hybridized carbons (Fsp3) is 0.588. The molecule has 0 spiro atoms. The van der Waals surface area contributed by atoms with Crippen LogP contribution in [0.3, 0.4) is 0 Å². The Morgan fingerprint density at radius 3 is 2.76 bits per heavy atom. The van der Waals surface area contributed by atoms with Crippen LogP contribution in [0.25, 0.3) is 0 Å². The largest absolute Gasteiger partial charge is 0.493 e. The average molecular weight is 287 g/mol. The van der Waals surface area contributed by atoms with Crippen molar-refractivity contribution in [3.63, 3.8) is 0 Å². The second-order valence-corrected chi connectivity index (χ2v) is 6.10. The number of fused-ring (bicyclic) bond motifs is 1. The number of nitrogens with one attached hydrogen (secondary N) is 1. The number of aliphatic imine (C=N–C) groups is 1. The summed E-state index contributed by atoms with van der Waals surface area (Å²) in [5.41, 5.74) is 7.30. The van der Waals surface area contributed by atoms with Gasteiger partial charge in [-0.15, -0.1) is 0 Å². The van der Waals surface area contributed by atoms with Gasteiger partial charge in [0.15, 0.2) is 5.96 Å². The molecule has 1 heterocycles. The molecule has 0 saturated heterocycles. The lowest BCUT2D eigenvalue weighted by Crippen LogP contribution is -2.40. The number of nitrogens with two attached hydrogens (primary N) is 1. The Balaban J connectivity index is 1.54. The molecule has 1 aliphatic carbocycles. The normalized spacial score (nSPS) is 23.2. The van der Waals surface area contributed by atoms with E-state index in [1.54, 1.807) is 0 Å². The highest BCUT2D eigenvalue weighted by molar-refractivity contribution is 5.78. The average Bonchev–Trinajstić information content (AvgIpc) is 2.74. The summed E-state index contributed by atoms with van der Waals surface area (Å²) in [6.45, 7) is 1.40. The second kappa shape index (κ2) is 6.83. The maximum absolute atomic E-state index is 6.05. The van der Waals surface area contributed by atoms with E-state index in [1.165, 1.54) is 44.1 Å². The van der Waals surface area contributed by atoms with Gasteiger partial charge in [0.1, 0.15) is 5.75 Å². The van der Waals surface area contributed by atoms with Crippen molar-refractivity contribution in [1.29, 1.82) is 0 Å². The van der Waals surface area contributed by atoms with Gasteiger partial charge >= 0.3 is 0 Å². The predicted octanol–water partition coefficient (Wildman–Crippen LogP) is 2.79. The van der Waals surface area contributed by atoms with Crippen molar-refractivity contribution in [2.24, 2.45) is 10.7 Å². The molecule has 2 aliphatic rings. The number of rotatable bonds is 3. The second-order valence-electron chi connectivity index (χ2n) is 6.10. The summed E-state index contributed by atoms with van der Waals surface area (Å²) in [6, 6.07) is 8.70. The quantitative estimate of drug-likeness (QED) is 0.510. The van der Waals surface area contributed by atoms with Crippen LogP contribution in [0.2, 0.25) is 0 Å². The zero-order valence-corrected chi connectivity index (χ0v) is 12.6. The first kappa shape index (κ1) is 14.2. The van der Waals surface area contributed by atoms with Gasteiger partial charge in [0.05, 0.1) is 13.2 Å². The van der Waals surface area contributed by atoms with Gasteiger partial charge in [-0.3, -0.25) is 4.99 Å². The molecule has 0 amide bonds. The third-order valence-corrected chi connectivity index (χ3v) is 4.49. The fourth-order valence-corrected chi connectivity index (χ4v) is 3.27. The summed E-state index contributed by atoms with van der Waals surface area (Å²) in [7, 11) is 0. The molecule has 4 heteroatoms. The molecular weight excluding hydrogens is 262 g/mol. The number of hydrogen-bond donors (Lipinski definition) is 2. The topological polar surface area (TPSA) is 59.6 Å². The Morgan fingerprint density at radius 2 is 1.95 bits per heavy atom. The molecule has 0 aromatic heterocycles. The molecule has 3 N–H and O–H groups in total.